The Morgan fingerprint density at radius 1 is 1.59 bits per heavy atom. The predicted molar refractivity (Wildman–Crippen MR) is 67.5 cm³/mol. The van der Waals surface area contributed by atoms with Gasteiger partial charge in [0.15, 0.2) is 0 Å². The Balaban J connectivity index is 2.05. The number of aromatic nitrogens is 2. The van der Waals surface area contributed by atoms with Crippen molar-refractivity contribution >= 4 is 0 Å². The minimum Gasteiger partial charge on any atom is -0.392 e. The highest BCUT2D eigenvalue weighted by atomic mass is 16.3. The summed E-state index contributed by atoms with van der Waals surface area (Å²) in [6, 6.07) is 0.274. The summed E-state index contributed by atoms with van der Waals surface area (Å²) in [5.41, 5.74) is 0. The highest BCUT2D eigenvalue weighted by Gasteiger charge is 2.30. The fourth-order valence-electron chi connectivity index (χ4n) is 2.66. The van der Waals surface area contributed by atoms with E-state index in [1.807, 2.05) is 26.4 Å². The molecule has 2 rings (SSSR count). The molecule has 4 heteroatoms. The Bertz CT molecular complexity index is 361. The van der Waals surface area contributed by atoms with E-state index in [4.69, 9.17) is 0 Å². The van der Waals surface area contributed by atoms with Crippen LogP contribution in [0.5, 0.6) is 0 Å². The van der Waals surface area contributed by atoms with Crippen molar-refractivity contribution in [2.45, 2.75) is 45.4 Å². The van der Waals surface area contributed by atoms with Gasteiger partial charge < -0.3 is 9.67 Å². The molecular formula is C13H23N3O. The van der Waals surface area contributed by atoms with Crippen LogP contribution in [0.2, 0.25) is 0 Å². The van der Waals surface area contributed by atoms with Crippen LogP contribution in [0.4, 0.5) is 0 Å². The van der Waals surface area contributed by atoms with Crippen molar-refractivity contribution in [1.82, 2.24) is 14.5 Å². The van der Waals surface area contributed by atoms with Gasteiger partial charge in [0.1, 0.15) is 5.82 Å². The Morgan fingerprint density at radius 3 is 2.94 bits per heavy atom. The molecule has 0 aliphatic carbocycles. The molecule has 17 heavy (non-hydrogen) atoms. The van der Waals surface area contributed by atoms with Crippen molar-refractivity contribution in [3.05, 3.63) is 18.2 Å². The van der Waals surface area contributed by atoms with Crippen LogP contribution in [0.3, 0.4) is 0 Å². The summed E-state index contributed by atoms with van der Waals surface area (Å²) in [5, 5.41) is 9.89. The zero-order chi connectivity index (χ0) is 12.4. The van der Waals surface area contributed by atoms with Gasteiger partial charge in [0.25, 0.3) is 0 Å². The van der Waals surface area contributed by atoms with E-state index in [-0.39, 0.29) is 12.1 Å². The van der Waals surface area contributed by atoms with Crippen LogP contribution in [-0.4, -0.2) is 38.2 Å². The molecule has 3 atom stereocenters. The average Bonchev–Trinajstić information content (AvgIpc) is 2.67. The summed E-state index contributed by atoms with van der Waals surface area (Å²) in [4.78, 5) is 6.73. The first-order chi connectivity index (χ1) is 8.08. The van der Waals surface area contributed by atoms with Crippen molar-refractivity contribution in [3.8, 4) is 0 Å². The van der Waals surface area contributed by atoms with E-state index in [1.54, 1.807) is 0 Å². The summed E-state index contributed by atoms with van der Waals surface area (Å²) in [6.07, 6.45) is 5.84. The molecule has 0 bridgehead atoms. The molecule has 4 nitrogen and oxygen atoms in total. The lowest BCUT2D eigenvalue weighted by molar-refractivity contribution is 0.0145. The monoisotopic (exact) mass is 237 g/mol. The van der Waals surface area contributed by atoms with E-state index in [9.17, 15) is 5.11 Å². The molecule has 1 N–H and O–H groups in total. The van der Waals surface area contributed by atoms with E-state index >= 15 is 0 Å². The Labute approximate surface area is 103 Å². The first-order valence-corrected chi connectivity index (χ1v) is 6.46. The molecule has 1 aliphatic heterocycles. The molecule has 1 aromatic heterocycles. The van der Waals surface area contributed by atoms with Gasteiger partial charge in [0, 0.05) is 25.5 Å². The number of hydrogen-bond acceptors (Lipinski definition) is 3. The lowest BCUT2D eigenvalue weighted by Gasteiger charge is -2.39. The van der Waals surface area contributed by atoms with Crippen LogP contribution in [0.25, 0.3) is 0 Å². The number of hydrogen-bond donors (Lipinski definition) is 1. The fraction of sp³-hybridized carbons (Fsp3) is 0.769. The molecule has 0 unspecified atom stereocenters. The van der Waals surface area contributed by atoms with Gasteiger partial charge in [0.05, 0.1) is 12.6 Å². The number of rotatable bonds is 3. The van der Waals surface area contributed by atoms with Crippen molar-refractivity contribution in [3.63, 3.8) is 0 Å². The standard InChI is InChI=1S/C13H23N3O/c1-10-4-6-16(12(8-10)11(2)17)9-13-14-5-7-15(13)3/h5,7,10-12,17H,4,6,8-9H2,1-3H3/t10-,11+,12-/m1/s1. The third-order valence-electron chi connectivity index (χ3n) is 3.84. The Hall–Kier alpha value is -0.870. The van der Waals surface area contributed by atoms with Crippen molar-refractivity contribution in [1.29, 1.82) is 0 Å². The summed E-state index contributed by atoms with van der Waals surface area (Å²) in [5.74, 6) is 1.79. The number of nitrogens with zero attached hydrogens (tertiary/aromatic N) is 3. The predicted octanol–water partition coefficient (Wildman–Crippen LogP) is 1.40. The second kappa shape index (κ2) is 5.19. The van der Waals surface area contributed by atoms with Gasteiger partial charge in [-0.3, -0.25) is 4.90 Å². The van der Waals surface area contributed by atoms with Crippen LogP contribution >= 0.6 is 0 Å². The van der Waals surface area contributed by atoms with Crippen LogP contribution in [-0.2, 0) is 13.6 Å². The largest absolute Gasteiger partial charge is 0.392 e. The van der Waals surface area contributed by atoms with Gasteiger partial charge >= 0.3 is 0 Å². The van der Waals surface area contributed by atoms with Gasteiger partial charge in [-0.15, -0.1) is 0 Å². The zero-order valence-corrected chi connectivity index (χ0v) is 11.0. The summed E-state index contributed by atoms with van der Waals surface area (Å²) in [7, 11) is 2.02. The van der Waals surface area contributed by atoms with Crippen molar-refractivity contribution in [2.75, 3.05) is 6.54 Å². The Morgan fingerprint density at radius 2 is 2.35 bits per heavy atom. The van der Waals surface area contributed by atoms with Crippen molar-refractivity contribution in [2.24, 2.45) is 13.0 Å². The van der Waals surface area contributed by atoms with Crippen LogP contribution < -0.4 is 0 Å². The third-order valence-corrected chi connectivity index (χ3v) is 3.84. The lowest BCUT2D eigenvalue weighted by atomic mass is 9.90. The molecule has 0 amide bonds. The topological polar surface area (TPSA) is 41.3 Å². The average molecular weight is 237 g/mol. The highest BCUT2D eigenvalue weighted by Crippen LogP contribution is 2.25. The molecule has 0 radical (unpaired) electrons. The number of imidazole rings is 1. The number of piperidine rings is 1. The third kappa shape index (κ3) is 2.87. The van der Waals surface area contributed by atoms with Crippen LogP contribution in [0, 0.1) is 5.92 Å². The quantitative estimate of drug-likeness (QED) is 0.864. The lowest BCUT2D eigenvalue weighted by Crippen LogP contribution is -2.47. The summed E-state index contributed by atoms with van der Waals surface area (Å²) in [6.45, 7) is 6.07. The SMILES string of the molecule is C[C@@H]1CCN(Cc2nccn2C)[C@@H]([C@H](C)O)C1. The van der Waals surface area contributed by atoms with Crippen molar-refractivity contribution < 1.29 is 5.11 Å². The number of aliphatic hydroxyl groups excluding tert-OH is 1. The summed E-state index contributed by atoms with van der Waals surface area (Å²) < 4.78 is 2.05. The zero-order valence-electron chi connectivity index (χ0n) is 11.0. The molecular weight excluding hydrogens is 214 g/mol. The summed E-state index contributed by atoms with van der Waals surface area (Å²) >= 11 is 0. The van der Waals surface area contributed by atoms with Gasteiger partial charge in [-0.05, 0) is 32.2 Å². The van der Waals surface area contributed by atoms with E-state index in [1.165, 1.54) is 6.42 Å². The molecule has 1 saturated heterocycles. The molecule has 1 aromatic rings. The minimum atomic E-state index is -0.266. The molecule has 0 aromatic carbocycles. The molecule has 0 saturated carbocycles. The molecule has 96 valence electrons. The van der Waals surface area contributed by atoms with E-state index in [0.717, 1.165) is 25.3 Å². The second-order valence-corrected chi connectivity index (χ2v) is 5.36. The number of likely N-dealkylation sites (tertiary alicyclic amines) is 1. The molecule has 1 aliphatic rings. The molecule has 0 spiro atoms. The van der Waals surface area contributed by atoms with E-state index in [0.29, 0.717) is 5.92 Å². The van der Waals surface area contributed by atoms with Crippen LogP contribution in [0.15, 0.2) is 12.4 Å². The van der Waals surface area contributed by atoms with Gasteiger partial charge in [0.2, 0.25) is 0 Å². The minimum absolute atomic E-state index is 0.266. The van der Waals surface area contributed by atoms with E-state index in [2.05, 4.69) is 21.4 Å². The highest BCUT2D eigenvalue weighted by molar-refractivity contribution is 4.94. The maximum absolute atomic E-state index is 9.89. The smallest absolute Gasteiger partial charge is 0.122 e. The number of aryl methyl sites for hydroxylation is 1. The number of aliphatic hydroxyl groups is 1. The maximum Gasteiger partial charge on any atom is 0.122 e. The van der Waals surface area contributed by atoms with Gasteiger partial charge in [-0.1, -0.05) is 6.92 Å². The first kappa shape index (κ1) is 12.6. The van der Waals surface area contributed by atoms with E-state index < -0.39 is 0 Å². The first-order valence-electron chi connectivity index (χ1n) is 6.46. The van der Waals surface area contributed by atoms with Gasteiger partial charge in [-0.2, -0.15) is 0 Å². The second-order valence-electron chi connectivity index (χ2n) is 5.36. The molecule has 2 heterocycles. The van der Waals surface area contributed by atoms with Gasteiger partial charge in [-0.25, -0.2) is 4.98 Å². The molecule has 1 fully saturated rings. The normalized spacial score (nSPS) is 28.2. The van der Waals surface area contributed by atoms with Crippen LogP contribution in [0.1, 0.15) is 32.5 Å². The Kier molecular flexibility index (Phi) is 3.84. The maximum atomic E-state index is 9.89. The fourth-order valence-corrected chi connectivity index (χ4v) is 2.66.